The Bertz CT molecular complexity index is 410. The summed E-state index contributed by atoms with van der Waals surface area (Å²) in [6.45, 7) is 0.207. The van der Waals surface area contributed by atoms with Gasteiger partial charge in [-0.3, -0.25) is 5.32 Å². The first-order valence-corrected chi connectivity index (χ1v) is 5.06. The minimum absolute atomic E-state index is 0.0586. The number of rotatable bonds is 2. The van der Waals surface area contributed by atoms with Gasteiger partial charge in [0.15, 0.2) is 0 Å². The molecule has 0 saturated heterocycles. The van der Waals surface area contributed by atoms with Gasteiger partial charge in [-0.15, -0.1) is 0 Å². The second kappa shape index (κ2) is 6.06. The molecule has 0 radical (unpaired) electrons. The molecule has 2 amide bonds. The van der Waals surface area contributed by atoms with Gasteiger partial charge in [0.25, 0.3) is 0 Å². The quantitative estimate of drug-likeness (QED) is 0.566. The Morgan fingerprint density at radius 1 is 1.56 bits per heavy atom. The molecule has 5 nitrogen and oxygen atoms in total. The second-order valence-electron chi connectivity index (χ2n) is 2.91. The van der Waals surface area contributed by atoms with E-state index in [0.29, 0.717) is 5.56 Å². The van der Waals surface area contributed by atoms with Gasteiger partial charge in [0.2, 0.25) is 5.96 Å². The van der Waals surface area contributed by atoms with Crippen molar-refractivity contribution in [3.05, 3.63) is 35.6 Å². The fourth-order valence-electron chi connectivity index (χ4n) is 1.01. The third kappa shape index (κ3) is 4.26. The molecule has 0 aliphatic rings. The van der Waals surface area contributed by atoms with Gasteiger partial charge in [-0.1, -0.05) is 12.1 Å². The van der Waals surface area contributed by atoms with Crippen LogP contribution < -0.4 is 16.4 Å². The van der Waals surface area contributed by atoms with E-state index in [1.807, 2.05) is 0 Å². The van der Waals surface area contributed by atoms with Gasteiger partial charge >= 0.3 is 6.03 Å². The molecule has 4 N–H and O–H groups in total. The smallest absolute Gasteiger partial charge is 0.321 e. The lowest BCUT2D eigenvalue weighted by Crippen LogP contribution is -2.42. The SMILES string of the molecule is N/C(=N\Br)NC(=O)NCc1cccc(F)c1. The van der Waals surface area contributed by atoms with Crippen molar-refractivity contribution in [3.63, 3.8) is 0 Å². The number of nitrogens with two attached hydrogens (primary N) is 1. The van der Waals surface area contributed by atoms with Crippen molar-refractivity contribution in [2.45, 2.75) is 6.54 Å². The number of halogens is 2. The van der Waals surface area contributed by atoms with Gasteiger partial charge in [0, 0.05) is 6.54 Å². The van der Waals surface area contributed by atoms with E-state index in [9.17, 15) is 9.18 Å². The number of carbonyl (C=O) groups excluding carboxylic acids is 1. The molecule has 0 saturated carbocycles. The van der Waals surface area contributed by atoms with E-state index in [1.54, 1.807) is 12.1 Å². The van der Waals surface area contributed by atoms with E-state index in [1.165, 1.54) is 12.1 Å². The number of benzene rings is 1. The average Bonchev–Trinajstić information content (AvgIpc) is 2.26. The first kappa shape index (κ1) is 12.4. The van der Waals surface area contributed by atoms with Crippen LogP contribution in [0.2, 0.25) is 0 Å². The minimum Gasteiger partial charge on any atom is -0.369 e. The number of nitrogens with zero attached hydrogens (tertiary/aromatic N) is 1. The number of guanidine groups is 1. The van der Waals surface area contributed by atoms with Crippen molar-refractivity contribution in [1.29, 1.82) is 0 Å². The maximum atomic E-state index is 12.8. The van der Waals surface area contributed by atoms with Gasteiger partial charge in [-0.25, -0.2) is 9.18 Å². The molecule has 0 aliphatic carbocycles. The van der Waals surface area contributed by atoms with Crippen LogP contribution in [0.1, 0.15) is 5.56 Å². The maximum Gasteiger partial charge on any atom is 0.321 e. The van der Waals surface area contributed by atoms with Crippen LogP contribution in [-0.4, -0.2) is 12.0 Å². The first-order valence-electron chi connectivity index (χ1n) is 4.35. The molecule has 1 rings (SSSR count). The minimum atomic E-state index is -0.509. The van der Waals surface area contributed by atoms with E-state index in [-0.39, 0.29) is 18.3 Å². The Morgan fingerprint density at radius 2 is 2.31 bits per heavy atom. The van der Waals surface area contributed by atoms with Crippen molar-refractivity contribution in [2.75, 3.05) is 0 Å². The molecular weight excluding hydrogens is 279 g/mol. The molecule has 86 valence electrons. The largest absolute Gasteiger partial charge is 0.369 e. The highest BCUT2D eigenvalue weighted by Gasteiger charge is 2.02. The fourth-order valence-corrected chi connectivity index (χ4v) is 1.10. The zero-order valence-corrected chi connectivity index (χ0v) is 9.79. The molecule has 0 aliphatic heterocycles. The highest BCUT2D eigenvalue weighted by Crippen LogP contribution is 2.02. The average molecular weight is 289 g/mol. The molecule has 0 heterocycles. The van der Waals surface area contributed by atoms with Crippen LogP contribution in [-0.2, 0) is 6.54 Å². The highest BCUT2D eigenvalue weighted by molar-refractivity contribution is 9.08. The second-order valence-corrected chi connectivity index (χ2v) is 3.26. The molecule has 0 atom stereocenters. The number of nitrogens with one attached hydrogen (secondary N) is 2. The first-order chi connectivity index (χ1) is 7.61. The lowest BCUT2D eigenvalue weighted by atomic mass is 10.2. The summed E-state index contributed by atoms with van der Waals surface area (Å²) in [5.41, 5.74) is 5.90. The summed E-state index contributed by atoms with van der Waals surface area (Å²) in [6, 6.07) is 5.43. The third-order valence-corrected chi connectivity index (χ3v) is 2.06. The van der Waals surface area contributed by atoms with E-state index in [2.05, 4.69) is 30.8 Å². The molecule has 7 heteroatoms. The molecule has 1 aromatic rings. The van der Waals surface area contributed by atoms with Crippen LogP contribution in [0.3, 0.4) is 0 Å². The highest BCUT2D eigenvalue weighted by atomic mass is 79.9. The van der Waals surface area contributed by atoms with Gasteiger partial charge in [-0.05, 0) is 17.7 Å². The predicted octanol–water partition coefficient (Wildman–Crippen LogP) is 1.25. The molecule has 0 unspecified atom stereocenters. The standard InChI is InChI=1S/C9H10BrFN4O/c10-15-8(12)14-9(16)13-5-6-2-1-3-7(11)4-6/h1-4H,5H2,(H4,12,13,14,15,16). The Labute approximate surface area is 100 Å². The van der Waals surface area contributed by atoms with Crippen molar-refractivity contribution >= 4 is 28.1 Å². The van der Waals surface area contributed by atoms with E-state index < -0.39 is 6.03 Å². The Morgan fingerprint density at radius 3 is 2.94 bits per heavy atom. The summed E-state index contributed by atoms with van der Waals surface area (Å²) in [4.78, 5) is 11.2. The Kier molecular flexibility index (Phi) is 4.71. The molecule has 0 aromatic heterocycles. The predicted molar refractivity (Wildman–Crippen MR) is 62.3 cm³/mol. The molecule has 0 fully saturated rings. The molecular formula is C9H10BrFN4O. The number of hydrogen-bond acceptors (Lipinski definition) is 2. The number of amides is 2. The summed E-state index contributed by atoms with van der Waals surface area (Å²) >= 11 is 2.72. The third-order valence-electron chi connectivity index (χ3n) is 1.67. The summed E-state index contributed by atoms with van der Waals surface area (Å²) in [5.74, 6) is -0.405. The summed E-state index contributed by atoms with van der Waals surface area (Å²) in [7, 11) is 0. The Balaban J connectivity index is 2.43. The van der Waals surface area contributed by atoms with Crippen LogP contribution in [0.4, 0.5) is 9.18 Å². The molecule has 0 bridgehead atoms. The summed E-state index contributed by atoms with van der Waals surface area (Å²) in [5, 5.41) is 4.74. The van der Waals surface area contributed by atoms with Crippen LogP contribution >= 0.6 is 16.1 Å². The zero-order chi connectivity index (χ0) is 12.0. The molecule has 16 heavy (non-hydrogen) atoms. The summed E-state index contributed by atoms with van der Waals surface area (Å²) in [6.07, 6.45) is 0. The summed E-state index contributed by atoms with van der Waals surface area (Å²) < 4.78 is 16.2. The molecule has 0 spiro atoms. The van der Waals surface area contributed by atoms with Crippen LogP contribution in [0.25, 0.3) is 0 Å². The van der Waals surface area contributed by atoms with Crippen LogP contribution in [0.15, 0.2) is 28.3 Å². The monoisotopic (exact) mass is 288 g/mol. The van der Waals surface area contributed by atoms with Crippen molar-refractivity contribution in [2.24, 2.45) is 9.75 Å². The van der Waals surface area contributed by atoms with Gasteiger partial charge in [-0.2, -0.15) is 4.02 Å². The lowest BCUT2D eigenvalue weighted by Gasteiger charge is -2.06. The fraction of sp³-hybridized carbons (Fsp3) is 0.111. The van der Waals surface area contributed by atoms with Gasteiger partial charge < -0.3 is 11.1 Å². The Hall–Kier alpha value is -1.63. The van der Waals surface area contributed by atoms with E-state index >= 15 is 0 Å². The van der Waals surface area contributed by atoms with Crippen molar-refractivity contribution in [1.82, 2.24) is 10.6 Å². The number of carbonyl (C=O) groups is 1. The topological polar surface area (TPSA) is 79.5 Å². The molecule has 1 aromatic carbocycles. The van der Waals surface area contributed by atoms with E-state index in [0.717, 1.165) is 0 Å². The zero-order valence-electron chi connectivity index (χ0n) is 8.21. The number of urea groups is 1. The number of hydrogen-bond donors (Lipinski definition) is 3. The normalized spacial score (nSPS) is 11.0. The van der Waals surface area contributed by atoms with Crippen LogP contribution in [0, 0.1) is 5.82 Å². The van der Waals surface area contributed by atoms with E-state index in [4.69, 9.17) is 5.73 Å². The maximum absolute atomic E-state index is 12.8. The van der Waals surface area contributed by atoms with Gasteiger partial charge in [0.1, 0.15) is 5.82 Å². The van der Waals surface area contributed by atoms with Crippen LogP contribution in [0.5, 0.6) is 0 Å². The van der Waals surface area contributed by atoms with Crippen molar-refractivity contribution < 1.29 is 9.18 Å². The van der Waals surface area contributed by atoms with Gasteiger partial charge in [0.05, 0.1) is 16.1 Å². The van der Waals surface area contributed by atoms with Crippen molar-refractivity contribution in [3.8, 4) is 0 Å². The lowest BCUT2D eigenvalue weighted by molar-refractivity contribution is 0.245.